The first-order valence-corrected chi connectivity index (χ1v) is 6.75. The number of benzene rings is 1. The van der Waals surface area contributed by atoms with Gasteiger partial charge in [-0.05, 0) is 12.1 Å². The number of aliphatic imine (C=N–C) groups is 1. The zero-order chi connectivity index (χ0) is 15.2. The van der Waals surface area contributed by atoms with E-state index in [0.29, 0.717) is 28.1 Å². The number of halogens is 2. The molecule has 0 saturated heterocycles. The second-order valence-electron chi connectivity index (χ2n) is 3.95. The molecule has 1 aromatic carbocycles. The highest BCUT2D eigenvalue weighted by molar-refractivity contribution is 7.99. The third kappa shape index (κ3) is 4.14. The van der Waals surface area contributed by atoms with Crippen molar-refractivity contribution in [2.45, 2.75) is 17.3 Å². The van der Waals surface area contributed by atoms with Crippen LogP contribution in [0.5, 0.6) is 5.88 Å². The monoisotopic (exact) mass is 311 g/mol. The molecule has 2 rings (SSSR count). The Bertz CT molecular complexity index is 669. The summed E-state index contributed by atoms with van der Waals surface area (Å²) in [4.78, 5) is 14.3. The number of aryl methyl sites for hydroxylation is 1. The Morgan fingerprint density at radius 1 is 1.48 bits per heavy atom. The number of carbonyl (C=O) groups excluding carboxylic acids is 1. The van der Waals surface area contributed by atoms with E-state index in [0.717, 1.165) is 0 Å². The molecule has 0 unspecified atom stereocenters. The lowest BCUT2D eigenvalue weighted by molar-refractivity contribution is 0.251. The maximum Gasteiger partial charge on any atom is 0.288 e. The highest BCUT2D eigenvalue weighted by Gasteiger charge is 2.14. The lowest BCUT2D eigenvalue weighted by Crippen LogP contribution is -2.00. The normalized spacial score (nSPS) is 10.5. The lowest BCUT2D eigenvalue weighted by atomic mass is 10.2. The molecule has 5 nitrogen and oxygen atoms in total. The summed E-state index contributed by atoms with van der Waals surface area (Å²) in [5.41, 5.74) is 0.656. The van der Waals surface area contributed by atoms with Crippen LogP contribution in [0.4, 0.5) is 14.5 Å². The second-order valence-corrected chi connectivity index (χ2v) is 4.98. The van der Waals surface area contributed by atoms with E-state index in [1.165, 1.54) is 18.2 Å². The molecule has 0 atom stereocenters. The quantitative estimate of drug-likeness (QED) is 0.467. The molecule has 1 heterocycles. The summed E-state index contributed by atoms with van der Waals surface area (Å²) in [5.74, 6) is -2.22. The number of nitrogens with zero attached hydrogens (tertiary/aromatic N) is 3. The fourth-order valence-electron chi connectivity index (χ4n) is 1.68. The lowest BCUT2D eigenvalue weighted by Gasteiger charge is -2.11. The van der Waals surface area contributed by atoms with Gasteiger partial charge in [0.05, 0.1) is 5.69 Å². The van der Waals surface area contributed by atoms with Crippen LogP contribution in [-0.2, 0) is 18.4 Å². The zero-order valence-corrected chi connectivity index (χ0v) is 11.8. The van der Waals surface area contributed by atoms with E-state index >= 15 is 0 Å². The Balaban J connectivity index is 2.27. The maximum absolute atomic E-state index is 12.6. The Kier molecular flexibility index (Phi) is 5.08. The van der Waals surface area contributed by atoms with E-state index in [4.69, 9.17) is 4.74 Å². The molecule has 0 aliphatic rings. The van der Waals surface area contributed by atoms with Crippen molar-refractivity contribution in [3.05, 3.63) is 36.0 Å². The highest BCUT2D eigenvalue weighted by atomic mass is 32.2. The molecule has 0 fully saturated rings. The molecule has 0 spiro atoms. The van der Waals surface area contributed by atoms with Gasteiger partial charge in [0.15, 0.2) is 0 Å². The topological polar surface area (TPSA) is 56.5 Å². The summed E-state index contributed by atoms with van der Waals surface area (Å²) in [6.45, 7) is -0.0204. The van der Waals surface area contributed by atoms with Crippen LogP contribution >= 0.6 is 11.8 Å². The van der Waals surface area contributed by atoms with Crippen LogP contribution in [-0.4, -0.2) is 21.6 Å². The van der Waals surface area contributed by atoms with Gasteiger partial charge in [-0.25, -0.2) is 4.79 Å². The van der Waals surface area contributed by atoms with Gasteiger partial charge in [-0.1, -0.05) is 17.8 Å². The Morgan fingerprint density at radius 3 is 2.90 bits per heavy atom. The van der Waals surface area contributed by atoms with Gasteiger partial charge in [0.2, 0.25) is 12.0 Å². The summed E-state index contributed by atoms with van der Waals surface area (Å²) in [6.07, 6.45) is 3.10. The fourth-order valence-corrected chi connectivity index (χ4v) is 2.33. The first-order valence-electron chi connectivity index (χ1n) is 5.87. The van der Waals surface area contributed by atoms with Crippen LogP contribution in [0.3, 0.4) is 0 Å². The molecule has 0 bridgehead atoms. The minimum atomic E-state index is -2.57. The zero-order valence-electron chi connectivity index (χ0n) is 11.0. The number of hydrogen-bond donors (Lipinski definition) is 0. The Morgan fingerprint density at radius 2 is 2.29 bits per heavy atom. The maximum atomic E-state index is 12.6. The fraction of sp³-hybridized carbons (Fsp3) is 0.231. The predicted octanol–water partition coefficient (Wildman–Crippen LogP) is 3.28. The molecule has 110 valence electrons. The minimum Gasteiger partial charge on any atom is -0.472 e. The first kappa shape index (κ1) is 15.2. The smallest absolute Gasteiger partial charge is 0.288 e. The summed E-state index contributed by atoms with van der Waals surface area (Å²) < 4.78 is 32.2. The molecule has 0 radical (unpaired) electrons. The molecule has 0 N–H and O–H groups in total. The molecular weight excluding hydrogens is 300 g/mol. The molecular formula is C13H11F2N3O2S. The van der Waals surface area contributed by atoms with Crippen molar-refractivity contribution < 1.29 is 18.3 Å². The van der Waals surface area contributed by atoms with Crippen LogP contribution < -0.4 is 4.74 Å². The molecule has 2 aromatic rings. The SMILES string of the molecule is Cn1ccc(OCc2c(N=C=O)cccc2SC(F)F)n1. The van der Waals surface area contributed by atoms with E-state index < -0.39 is 5.76 Å². The van der Waals surface area contributed by atoms with E-state index in [1.807, 2.05) is 0 Å². The summed E-state index contributed by atoms with van der Waals surface area (Å²) >= 11 is 0.377. The molecule has 0 aliphatic carbocycles. The van der Waals surface area contributed by atoms with Crippen molar-refractivity contribution in [3.8, 4) is 5.88 Å². The number of rotatable bonds is 6. The van der Waals surface area contributed by atoms with E-state index in [-0.39, 0.29) is 12.3 Å². The van der Waals surface area contributed by atoms with Crippen LogP contribution in [0.15, 0.2) is 40.4 Å². The van der Waals surface area contributed by atoms with Gasteiger partial charge in [0.25, 0.3) is 5.76 Å². The number of isocyanates is 1. The Hall–Kier alpha value is -2.18. The average molecular weight is 311 g/mol. The van der Waals surface area contributed by atoms with Crippen molar-refractivity contribution in [1.82, 2.24) is 9.78 Å². The van der Waals surface area contributed by atoms with Gasteiger partial charge in [0.1, 0.15) is 6.61 Å². The van der Waals surface area contributed by atoms with Crippen molar-refractivity contribution in [1.29, 1.82) is 0 Å². The van der Waals surface area contributed by atoms with Crippen molar-refractivity contribution in [2.24, 2.45) is 12.0 Å². The Labute approximate surface area is 123 Å². The molecule has 8 heteroatoms. The van der Waals surface area contributed by atoms with Gasteiger partial charge < -0.3 is 4.74 Å². The van der Waals surface area contributed by atoms with Crippen molar-refractivity contribution in [2.75, 3.05) is 0 Å². The van der Waals surface area contributed by atoms with Gasteiger partial charge in [-0.2, -0.15) is 13.8 Å². The van der Waals surface area contributed by atoms with Crippen molar-refractivity contribution >= 4 is 23.5 Å². The van der Waals surface area contributed by atoms with Gasteiger partial charge >= 0.3 is 0 Å². The third-order valence-electron chi connectivity index (χ3n) is 2.54. The van der Waals surface area contributed by atoms with E-state index in [9.17, 15) is 13.6 Å². The van der Waals surface area contributed by atoms with Gasteiger partial charge in [0, 0.05) is 29.8 Å². The highest BCUT2D eigenvalue weighted by Crippen LogP contribution is 2.34. The van der Waals surface area contributed by atoms with Crippen molar-refractivity contribution in [3.63, 3.8) is 0 Å². The van der Waals surface area contributed by atoms with Crippen LogP contribution in [0.25, 0.3) is 0 Å². The summed E-state index contributed by atoms with van der Waals surface area (Å²) in [6, 6.07) is 6.26. The molecule has 0 saturated carbocycles. The molecule has 0 aliphatic heterocycles. The number of thioether (sulfide) groups is 1. The molecule has 21 heavy (non-hydrogen) atoms. The second kappa shape index (κ2) is 7.01. The van der Waals surface area contributed by atoms with Crippen LogP contribution in [0.1, 0.15) is 5.56 Å². The standard InChI is InChI=1S/C13H11F2N3O2S/c1-18-6-5-12(17-18)20-7-9-10(16-8-19)3-2-4-11(9)21-13(14)15/h2-6,13H,7H2,1H3. The van der Waals surface area contributed by atoms with E-state index in [1.54, 1.807) is 30.1 Å². The number of alkyl halides is 2. The number of aromatic nitrogens is 2. The van der Waals surface area contributed by atoms with Gasteiger partial charge in [-0.15, -0.1) is 5.10 Å². The molecule has 0 amide bonds. The summed E-state index contributed by atoms with van der Waals surface area (Å²) in [5, 5.41) is 4.02. The third-order valence-corrected chi connectivity index (χ3v) is 3.36. The molecule has 1 aromatic heterocycles. The minimum absolute atomic E-state index is 0.0204. The van der Waals surface area contributed by atoms with E-state index in [2.05, 4.69) is 10.1 Å². The first-order chi connectivity index (χ1) is 10.1. The van der Waals surface area contributed by atoms with Crippen LogP contribution in [0, 0.1) is 0 Å². The number of hydrogen-bond acceptors (Lipinski definition) is 5. The number of ether oxygens (including phenoxy) is 1. The summed E-state index contributed by atoms with van der Waals surface area (Å²) in [7, 11) is 1.73. The van der Waals surface area contributed by atoms with Crippen LogP contribution in [0.2, 0.25) is 0 Å². The van der Waals surface area contributed by atoms with Gasteiger partial charge in [-0.3, -0.25) is 4.68 Å². The predicted molar refractivity (Wildman–Crippen MR) is 73.6 cm³/mol. The largest absolute Gasteiger partial charge is 0.472 e. The average Bonchev–Trinajstić information content (AvgIpc) is 2.83.